The minimum Gasteiger partial charge on any atom is -0.354 e. The van der Waals surface area contributed by atoms with Crippen molar-refractivity contribution in [1.82, 2.24) is 10.9 Å². The van der Waals surface area contributed by atoms with Crippen molar-refractivity contribution in [2.45, 2.75) is 45.6 Å². The summed E-state index contributed by atoms with van der Waals surface area (Å²) >= 11 is 0. The van der Waals surface area contributed by atoms with E-state index in [-0.39, 0.29) is 5.91 Å². The largest absolute Gasteiger partial charge is 0.354 e. The van der Waals surface area contributed by atoms with Gasteiger partial charge in [-0.05, 0) is 19.3 Å². The molecule has 0 rings (SSSR count). The van der Waals surface area contributed by atoms with E-state index < -0.39 is 5.54 Å². The van der Waals surface area contributed by atoms with Crippen LogP contribution in [-0.2, 0) is 4.79 Å². The fourth-order valence-electron chi connectivity index (χ4n) is 1.16. The fraction of sp³-hybridized carbons (Fsp3) is 0.889. The van der Waals surface area contributed by atoms with Crippen molar-refractivity contribution in [2.75, 3.05) is 6.54 Å². The lowest BCUT2D eigenvalue weighted by Crippen LogP contribution is -2.53. The second-order valence-electron chi connectivity index (χ2n) is 3.14. The third-order valence-electron chi connectivity index (χ3n) is 2.36. The summed E-state index contributed by atoms with van der Waals surface area (Å²) in [6.07, 6.45) is 1.77. The highest BCUT2D eigenvalue weighted by Crippen LogP contribution is 2.15. The molecule has 3 nitrogen and oxygen atoms in total. The van der Waals surface area contributed by atoms with Gasteiger partial charge in [-0.2, -0.15) is 0 Å². The van der Waals surface area contributed by atoms with Gasteiger partial charge in [0, 0.05) is 6.54 Å². The number of amides is 1. The van der Waals surface area contributed by atoms with Crippen LogP contribution in [0, 0.1) is 0 Å². The van der Waals surface area contributed by atoms with Crippen molar-refractivity contribution < 1.29 is 9.28 Å². The van der Waals surface area contributed by atoms with Crippen LogP contribution in [0.25, 0.3) is 0 Å². The Balaban J connectivity index is 4.26. The molecule has 13 heavy (non-hydrogen) atoms. The Morgan fingerprint density at radius 1 is 1.31 bits per heavy atom. The molecule has 0 aromatic carbocycles. The zero-order chi connectivity index (χ0) is 10.3. The van der Waals surface area contributed by atoms with E-state index in [4.69, 9.17) is 0 Å². The predicted molar refractivity (Wildman–Crippen MR) is 50.9 cm³/mol. The molecule has 0 radical (unpaired) electrons. The zero-order valence-electron chi connectivity index (χ0n) is 8.61. The Morgan fingerprint density at radius 2 is 1.85 bits per heavy atom. The van der Waals surface area contributed by atoms with Crippen LogP contribution in [0.5, 0.6) is 0 Å². The van der Waals surface area contributed by atoms with Crippen LogP contribution in [0.1, 0.15) is 40.0 Å². The highest BCUT2D eigenvalue weighted by molar-refractivity contribution is 5.86. The monoisotopic (exact) mass is 190 g/mol. The molecule has 0 unspecified atom stereocenters. The van der Waals surface area contributed by atoms with E-state index in [2.05, 4.69) is 5.32 Å². The minimum atomic E-state index is -1.03. The summed E-state index contributed by atoms with van der Waals surface area (Å²) in [6, 6.07) is 0. The zero-order valence-corrected chi connectivity index (χ0v) is 8.61. The highest BCUT2D eigenvalue weighted by atomic mass is 19.2. The van der Waals surface area contributed by atoms with Crippen LogP contribution in [0.4, 0.5) is 4.48 Å². The van der Waals surface area contributed by atoms with Crippen LogP contribution in [0.3, 0.4) is 0 Å². The van der Waals surface area contributed by atoms with Crippen molar-refractivity contribution in [3.05, 3.63) is 0 Å². The summed E-state index contributed by atoms with van der Waals surface area (Å²) in [6.45, 7) is 6.15. The van der Waals surface area contributed by atoms with E-state index >= 15 is 0 Å². The lowest BCUT2D eigenvalue weighted by atomic mass is 9.93. The van der Waals surface area contributed by atoms with E-state index in [0.717, 1.165) is 6.42 Å². The molecule has 0 aliphatic heterocycles. The first kappa shape index (κ1) is 12.4. The first-order valence-corrected chi connectivity index (χ1v) is 4.83. The third kappa shape index (κ3) is 2.95. The van der Waals surface area contributed by atoms with Crippen LogP contribution in [0.2, 0.25) is 0 Å². The Hall–Kier alpha value is -0.640. The first-order chi connectivity index (χ1) is 6.16. The van der Waals surface area contributed by atoms with Gasteiger partial charge in [0.1, 0.15) is 5.54 Å². The average Bonchev–Trinajstić information content (AvgIpc) is 2.18. The second kappa shape index (κ2) is 5.91. The molecular weight excluding hydrogens is 171 g/mol. The number of halogens is 1. The topological polar surface area (TPSA) is 41.1 Å². The van der Waals surface area contributed by atoms with E-state index in [1.165, 1.54) is 0 Å². The van der Waals surface area contributed by atoms with Gasteiger partial charge in [-0.15, -0.1) is 10.0 Å². The average molecular weight is 190 g/mol. The molecule has 2 N–H and O–H groups in total. The predicted octanol–water partition coefficient (Wildman–Crippen LogP) is 1.55. The van der Waals surface area contributed by atoms with Crippen LogP contribution < -0.4 is 10.9 Å². The molecule has 0 aromatic rings. The molecule has 0 saturated carbocycles. The highest BCUT2D eigenvalue weighted by Gasteiger charge is 2.34. The normalized spacial score (nSPS) is 11.4. The van der Waals surface area contributed by atoms with E-state index in [1.807, 2.05) is 6.92 Å². The molecule has 0 heterocycles. The third-order valence-corrected chi connectivity index (χ3v) is 2.36. The molecule has 0 saturated heterocycles. The Labute approximate surface area is 79.0 Å². The summed E-state index contributed by atoms with van der Waals surface area (Å²) in [5.74, 6) is -0.248. The van der Waals surface area contributed by atoms with Gasteiger partial charge in [-0.3, -0.25) is 4.79 Å². The van der Waals surface area contributed by atoms with Gasteiger partial charge in [0.15, 0.2) is 0 Å². The van der Waals surface area contributed by atoms with Crippen LogP contribution >= 0.6 is 0 Å². The fourth-order valence-corrected chi connectivity index (χ4v) is 1.16. The van der Waals surface area contributed by atoms with Crippen molar-refractivity contribution in [2.24, 2.45) is 0 Å². The minimum absolute atomic E-state index is 0.248. The lowest BCUT2D eigenvalue weighted by Gasteiger charge is -2.26. The maximum atomic E-state index is 12.5. The Morgan fingerprint density at radius 3 is 2.15 bits per heavy atom. The SMILES string of the molecule is CCCNC(=O)C(CC)(CC)NF. The number of hydrogen-bond donors (Lipinski definition) is 2. The maximum absolute atomic E-state index is 12.5. The first-order valence-electron chi connectivity index (χ1n) is 4.83. The molecule has 0 aliphatic carbocycles. The number of rotatable bonds is 6. The molecule has 0 spiro atoms. The van der Waals surface area contributed by atoms with Gasteiger partial charge in [0.05, 0.1) is 0 Å². The number of carbonyl (C=O) groups excluding carboxylic acids is 1. The summed E-state index contributed by atoms with van der Waals surface area (Å²) in [7, 11) is 0. The molecule has 0 atom stereocenters. The summed E-state index contributed by atoms with van der Waals surface area (Å²) in [4.78, 5) is 11.5. The molecule has 78 valence electrons. The maximum Gasteiger partial charge on any atom is 0.242 e. The van der Waals surface area contributed by atoms with Gasteiger partial charge < -0.3 is 5.32 Å². The Kier molecular flexibility index (Phi) is 5.62. The molecule has 0 aliphatic rings. The molecule has 0 fully saturated rings. The molecule has 1 amide bonds. The summed E-state index contributed by atoms with van der Waals surface area (Å²) in [5, 5.41) is 2.68. The van der Waals surface area contributed by atoms with Crippen LogP contribution in [0.15, 0.2) is 0 Å². The second-order valence-corrected chi connectivity index (χ2v) is 3.14. The number of hydrogen-bond acceptors (Lipinski definition) is 2. The smallest absolute Gasteiger partial charge is 0.242 e. The van der Waals surface area contributed by atoms with Gasteiger partial charge in [0.25, 0.3) is 0 Å². The Bertz CT molecular complexity index is 149. The summed E-state index contributed by atoms with van der Waals surface area (Å²) < 4.78 is 12.5. The molecule has 4 heteroatoms. The van der Waals surface area contributed by atoms with E-state index in [1.54, 1.807) is 19.4 Å². The molecule has 0 aromatic heterocycles. The lowest BCUT2D eigenvalue weighted by molar-refractivity contribution is -0.130. The van der Waals surface area contributed by atoms with Crippen LogP contribution in [-0.4, -0.2) is 18.0 Å². The standard InChI is InChI=1S/C9H19FN2O/c1-4-7-11-8(13)9(5-2,6-3)12-10/h12H,4-7H2,1-3H3,(H,11,13). The van der Waals surface area contributed by atoms with Gasteiger partial charge >= 0.3 is 0 Å². The van der Waals surface area contributed by atoms with Gasteiger partial charge in [-0.25, -0.2) is 0 Å². The van der Waals surface area contributed by atoms with Gasteiger partial charge in [0.2, 0.25) is 5.91 Å². The van der Waals surface area contributed by atoms with Crippen molar-refractivity contribution >= 4 is 5.91 Å². The molecule has 0 bridgehead atoms. The summed E-state index contributed by atoms with van der Waals surface area (Å²) in [5.41, 5.74) is 0.579. The van der Waals surface area contributed by atoms with E-state index in [0.29, 0.717) is 19.4 Å². The van der Waals surface area contributed by atoms with Crippen molar-refractivity contribution in [3.63, 3.8) is 0 Å². The van der Waals surface area contributed by atoms with Gasteiger partial charge in [-0.1, -0.05) is 20.8 Å². The molecular formula is C9H19FN2O. The number of carbonyl (C=O) groups is 1. The quantitative estimate of drug-likeness (QED) is 0.624. The van der Waals surface area contributed by atoms with Crippen molar-refractivity contribution in [3.8, 4) is 0 Å². The van der Waals surface area contributed by atoms with Crippen molar-refractivity contribution in [1.29, 1.82) is 0 Å². The van der Waals surface area contributed by atoms with E-state index in [9.17, 15) is 9.28 Å². The number of nitrogens with one attached hydrogen (secondary N) is 2.